The highest BCUT2D eigenvalue weighted by atomic mass is 19.1. The Balaban J connectivity index is 0.767. The second kappa shape index (κ2) is 56.6. The highest BCUT2D eigenvalue weighted by Crippen LogP contribution is 2.52. The maximum atomic E-state index is 15.6. The molecule has 3 heterocycles. The van der Waals surface area contributed by atoms with Crippen LogP contribution in [0, 0.1) is 54.7 Å². The van der Waals surface area contributed by atoms with Gasteiger partial charge >= 0.3 is 12.1 Å². The quantitative estimate of drug-likeness (QED) is 0.0141. The summed E-state index contributed by atoms with van der Waals surface area (Å²) in [6, 6.07) is 10.9. The third-order valence-corrected chi connectivity index (χ3v) is 24.0. The van der Waals surface area contributed by atoms with Crippen molar-refractivity contribution >= 4 is 77.0 Å². The molecule has 770 valence electrons. The van der Waals surface area contributed by atoms with Gasteiger partial charge in [0.1, 0.15) is 70.5 Å². The first-order chi connectivity index (χ1) is 68.0. The number of aliphatic hydroxyl groups is 3. The number of carbonyl (C=O) groups excluding carboxylic acids is 12. The van der Waals surface area contributed by atoms with Crippen LogP contribution in [0.25, 0.3) is 11.1 Å². The van der Waals surface area contributed by atoms with Crippen molar-refractivity contribution < 1.29 is 116 Å². The van der Waals surface area contributed by atoms with Crippen molar-refractivity contribution in [1.82, 2.24) is 104 Å². The number of H-pyrrole nitrogens is 2. The molecule has 12 amide bonds. The van der Waals surface area contributed by atoms with Crippen LogP contribution in [0.3, 0.4) is 0 Å². The standard InChI is InChI=1S/C97H132FN21O23/c1-9-64-47-69(141-35-17-16-34-119-53-68(113-118-119)55-140-42-41-139-40-39-138-38-37-137-36-33-102-95(136)142-56-73-71-21-12-10-11-13-22-72(71)73)29-30-70(64)65-27-25-62(26-28-65)46-76(87(128)105-75(85(99)126)24-18-19-63-44-58(2)43-59(3)45-63)106-88(129)78(49-82(124)125)107-89(130)79(54-120)108-90(131)83(60(4)121)111-94(135)97(8,50-66-20-14-15-23-74(66)98)112-91(132)84(61(5)122)110-81(123)52-103-86(127)77(48-80-114-116-117-115-80)109-93(134)96(6,7)92(133)101-32-31-67-51-100-57-104-67/h14-15,20,23,25-30,43-45,47,51,53,57,60-61,71-73,75-79,83-84,120-122H,9,12-13,16-19,21-22,24,31-42,46,48-50,52,54-56H2,1-8H3,(H2,99,126)(H,100,104)(H,101,133)(H,102,136)(H,103,127)(H,105,128)(H,106,129)(H,107,130)(H,108,131)(H,109,134)(H,110,123)(H,111,135)(H,112,132)(H,124,125)(H,114,115,116,117)/t60-,61-,71-,72+,73?,75+,76+,77+,78+,79+,83+,84+,97?/m1/s1. The minimum atomic E-state index is -2.42. The summed E-state index contributed by atoms with van der Waals surface area (Å²) >= 11 is 0. The molecule has 3 aromatic heterocycles. The average molecular weight is 1980 g/mol. The van der Waals surface area contributed by atoms with Gasteiger partial charge in [-0.05, 0) is 169 Å². The number of unbranched alkanes of at least 4 members (excludes halogenated alkanes) is 1. The number of carboxylic acids is 1. The molecule has 2 unspecified atom stereocenters. The summed E-state index contributed by atoms with van der Waals surface area (Å²) in [5.74, 6) is -6.30. The Hall–Kier alpha value is -13.8. The smallest absolute Gasteiger partial charge is 0.407 e. The Labute approximate surface area is 821 Å². The van der Waals surface area contributed by atoms with E-state index in [0.717, 1.165) is 92.3 Å². The van der Waals surface area contributed by atoms with E-state index >= 15 is 4.39 Å². The molecule has 2 aliphatic carbocycles. The molecule has 7 aromatic rings. The lowest BCUT2D eigenvalue weighted by Gasteiger charge is -2.34. The Bertz CT molecular complexity index is 5370. The molecule has 19 N–H and O–H groups in total. The number of halogens is 1. The first kappa shape index (κ1) is 112. The third kappa shape index (κ3) is 36.4. The van der Waals surface area contributed by atoms with Crippen molar-refractivity contribution in [1.29, 1.82) is 0 Å². The maximum absolute atomic E-state index is 15.6. The molecule has 0 aliphatic heterocycles. The molecule has 0 spiro atoms. The highest BCUT2D eigenvalue weighted by Gasteiger charge is 2.50. The van der Waals surface area contributed by atoms with Gasteiger partial charge in [-0.15, -0.1) is 27.1 Å². The first-order valence-electron chi connectivity index (χ1n) is 47.4. The number of ether oxygens (including phenoxy) is 6. The highest BCUT2D eigenvalue weighted by molar-refractivity contribution is 6.06. The number of nitrogens with zero attached hydrogens (tertiary/aromatic N) is 7. The van der Waals surface area contributed by atoms with Gasteiger partial charge < -0.3 is 118 Å². The molecule has 142 heavy (non-hydrogen) atoms. The maximum Gasteiger partial charge on any atom is 0.407 e. The van der Waals surface area contributed by atoms with Gasteiger partial charge in [0.2, 0.25) is 65.0 Å². The number of alkyl carbamates (subject to hydrolysis) is 1. The van der Waals surface area contributed by atoms with Crippen molar-refractivity contribution in [2.24, 2.45) is 28.9 Å². The second-order valence-electron chi connectivity index (χ2n) is 35.8. The van der Waals surface area contributed by atoms with Gasteiger partial charge in [-0.2, -0.15) is 5.21 Å². The molecule has 1 saturated carbocycles. The Morgan fingerprint density at radius 1 is 0.627 bits per heavy atom. The normalized spacial score (nSPS) is 16.1. The summed E-state index contributed by atoms with van der Waals surface area (Å²) in [6.45, 7) is 14.1. The van der Waals surface area contributed by atoms with Crippen LogP contribution in [0.2, 0.25) is 0 Å². The molecule has 0 bridgehead atoms. The van der Waals surface area contributed by atoms with Crippen LogP contribution in [0.1, 0.15) is 150 Å². The van der Waals surface area contributed by atoms with Crippen molar-refractivity contribution in [2.75, 3.05) is 85.7 Å². The van der Waals surface area contributed by atoms with Gasteiger partial charge in [0.25, 0.3) is 0 Å². The number of aromatic nitrogens is 9. The number of rotatable bonds is 62. The fourth-order valence-electron chi connectivity index (χ4n) is 16.0. The number of tetrazole rings is 1. The number of aromatic amines is 2. The lowest BCUT2D eigenvalue weighted by atomic mass is 9.90. The summed E-state index contributed by atoms with van der Waals surface area (Å²) in [6.07, 6.45) is 5.38. The fourth-order valence-corrected chi connectivity index (χ4v) is 16.0. The fraction of sp³-hybridized carbons (Fsp3) is 0.536. The number of imidazole rings is 1. The molecular formula is C97H132FN21O23. The molecule has 4 aromatic carbocycles. The van der Waals surface area contributed by atoms with E-state index in [2.05, 4.69) is 111 Å². The van der Waals surface area contributed by atoms with E-state index in [9.17, 15) is 82.8 Å². The number of aliphatic carboxylic acids is 1. The third-order valence-electron chi connectivity index (χ3n) is 24.0. The molecule has 1 fully saturated rings. The number of carbonyl (C=O) groups is 13. The van der Waals surface area contributed by atoms with Crippen LogP contribution >= 0.6 is 0 Å². The Morgan fingerprint density at radius 2 is 1.27 bits per heavy atom. The molecule has 2 aliphatic rings. The lowest BCUT2D eigenvalue weighted by Crippen LogP contribution is -2.67. The van der Waals surface area contributed by atoms with Gasteiger partial charge in [0.05, 0.1) is 110 Å². The van der Waals surface area contributed by atoms with Crippen LogP contribution in [-0.4, -0.2) is 289 Å². The lowest BCUT2D eigenvalue weighted by molar-refractivity contribution is -0.143. The summed E-state index contributed by atoms with van der Waals surface area (Å²) in [4.78, 5) is 186. The zero-order valence-electron chi connectivity index (χ0n) is 81.1. The van der Waals surface area contributed by atoms with E-state index in [1.807, 2.05) is 63.4 Å². The zero-order chi connectivity index (χ0) is 103. The van der Waals surface area contributed by atoms with Crippen LogP contribution in [0.15, 0.2) is 104 Å². The number of hydrogen-bond donors (Lipinski definition) is 18. The van der Waals surface area contributed by atoms with Crippen LogP contribution in [-0.2, 0) is 133 Å². The predicted molar refractivity (Wildman–Crippen MR) is 509 cm³/mol. The van der Waals surface area contributed by atoms with Crippen LogP contribution in [0.5, 0.6) is 5.75 Å². The number of amides is 12. The molecule has 0 radical (unpaired) electrons. The molecule has 0 saturated heterocycles. The number of aryl methyl sites for hydroxylation is 5. The van der Waals surface area contributed by atoms with Gasteiger partial charge in [0, 0.05) is 70.0 Å². The monoisotopic (exact) mass is 1980 g/mol. The van der Waals surface area contributed by atoms with E-state index in [1.165, 1.54) is 38.4 Å². The van der Waals surface area contributed by atoms with Gasteiger partial charge in [-0.3, -0.25) is 62.2 Å². The number of nitrogens with two attached hydrogens (primary N) is 1. The number of nitrogens with one attached hydrogen (secondary N) is 13. The molecule has 45 heteroatoms. The summed E-state index contributed by atoms with van der Waals surface area (Å²) in [7, 11) is 0. The van der Waals surface area contributed by atoms with Crippen molar-refractivity contribution in [3.63, 3.8) is 0 Å². The van der Waals surface area contributed by atoms with E-state index in [0.29, 0.717) is 145 Å². The molecule has 13 atom stereocenters. The van der Waals surface area contributed by atoms with E-state index in [4.69, 9.17) is 34.2 Å². The first-order valence-corrected chi connectivity index (χ1v) is 47.4. The minimum absolute atomic E-state index is 0.0569. The largest absolute Gasteiger partial charge is 0.494 e. The number of primary amides is 1. The van der Waals surface area contributed by atoms with E-state index in [1.54, 1.807) is 35.1 Å². The van der Waals surface area contributed by atoms with Gasteiger partial charge in [0.15, 0.2) is 5.82 Å². The van der Waals surface area contributed by atoms with Gasteiger partial charge in [-0.25, -0.2) is 14.2 Å². The predicted octanol–water partition coefficient (Wildman–Crippen LogP) is 0.626. The number of benzene rings is 4. The number of hydrogen-bond acceptors (Lipinski definition) is 28. The summed E-state index contributed by atoms with van der Waals surface area (Å²) in [5.41, 5.74) is 8.88. The minimum Gasteiger partial charge on any atom is -0.494 e. The number of carboxylic acid groups (broad SMARTS) is 1. The topological polar surface area (TPSA) is 630 Å². The average Bonchev–Trinajstić information content (AvgIpc) is 1.62. The Kier molecular flexibility index (Phi) is 44.6. The van der Waals surface area contributed by atoms with Crippen molar-refractivity contribution in [2.45, 2.75) is 225 Å². The second-order valence-corrected chi connectivity index (χ2v) is 35.8. The van der Waals surface area contributed by atoms with Crippen LogP contribution < -0.4 is 69.0 Å². The van der Waals surface area contributed by atoms with Crippen molar-refractivity contribution in [3.05, 3.63) is 160 Å². The summed E-state index contributed by atoms with van der Waals surface area (Å²) in [5, 5.41) is 91.5. The zero-order valence-corrected chi connectivity index (χ0v) is 81.1. The SMILES string of the molecule is CCc1cc(OCCCCn2cc(COCCOCCOCCOCCNC(=O)OCC3[C@H]4CCC#CCC[C@@H]34)nn2)ccc1-c1ccc(C[C@H](NC(=O)[C@H](CC(=O)O)NC(=O)[C@H](CO)NC(=O)[C@@H](NC(=O)C(C)(Cc2ccccc2F)NC(=O)[C@@H](NC(=O)CNC(=O)[C@H](Cc2nn[nH]n2)NC(=O)C(C)(C)C(=O)NCCc2cnc[nH]2)[C@@H](C)O)[C@@H](C)O)C(=O)N[C@@H](CCCc2cc(C)cc(C)c2)C(N)=O)cc1. The van der Waals surface area contributed by atoms with Crippen molar-refractivity contribution in [3.8, 4) is 28.7 Å². The van der Waals surface area contributed by atoms with E-state index < -0.39 is 181 Å². The van der Waals surface area contributed by atoms with Gasteiger partial charge in [-0.1, -0.05) is 95.2 Å². The Morgan fingerprint density at radius 3 is 1.91 bits per heavy atom. The molecular weight excluding hydrogens is 1850 g/mol. The summed E-state index contributed by atoms with van der Waals surface area (Å²) < 4.78 is 51.5. The van der Waals surface area contributed by atoms with Crippen LogP contribution in [0.4, 0.5) is 9.18 Å². The van der Waals surface area contributed by atoms with E-state index in [-0.39, 0.29) is 37.4 Å². The molecule has 44 nitrogen and oxygen atoms in total. The number of fused-ring (bicyclic) bond motifs is 1. The number of aliphatic hydroxyl groups excluding tert-OH is 3. The molecule has 9 rings (SSSR count).